The highest BCUT2D eigenvalue weighted by Crippen LogP contribution is 2.31. The molecule has 0 radical (unpaired) electrons. The second-order valence-corrected chi connectivity index (χ2v) is 5.27. The predicted molar refractivity (Wildman–Crippen MR) is 87.1 cm³/mol. The van der Waals surface area contributed by atoms with Crippen LogP contribution < -0.4 is 9.47 Å². The lowest BCUT2D eigenvalue weighted by atomic mass is 10.0. The lowest BCUT2D eigenvalue weighted by molar-refractivity contribution is 0.355. The minimum atomic E-state index is -0.346. The predicted octanol–water partition coefficient (Wildman–Crippen LogP) is 4.67. The van der Waals surface area contributed by atoms with Crippen LogP contribution in [0.2, 0.25) is 0 Å². The number of hydrogen-bond acceptors (Lipinski definition) is 3. The molecule has 0 heterocycles. The summed E-state index contributed by atoms with van der Waals surface area (Å²) in [6, 6.07) is 12.0. The van der Waals surface area contributed by atoms with Crippen molar-refractivity contribution in [1.82, 2.24) is 0 Å². The second kappa shape index (κ2) is 7.10. The van der Waals surface area contributed by atoms with Crippen LogP contribution in [0.25, 0.3) is 11.6 Å². The zero-order valence-corrected chi connectivity index (χ0v) is 13.6. The van der Waals surface area contributed by atoms with Crippen molar-refractivity contribution in [3.05, 3.63) is 57.8 Å². The molecular formula is C17H13BrFNO2. The molecule has 0 N–H and O–H groups in total. The summed E-state index contributed by atoms with van der Waals surface area (Å²) in [4.78, 5) is 0. The average Bonchev–Trinajstić information content (AvgIpc) is 2.55. The zero-order chi connectivity index (χ0) is 16.1. The first-order valence-electron chi connectivity index (χ1n) is 6.38. The molecule has 112 valence electrons. The maximum atomic E-state index is 13.3. The molecule has 0 bridgehead atoms. The summed E-state index contributed by atoms with van der Waals surface area (Å²) >= 11 is 3.13. The van der Waals surface area contributed by atoms with Crippen molar-refractivity contribution >= 4 is 27.6 Å². The SMILES string of the molecule is COc1ccc(/C(C#N)=C/c2ccc(F)c(Br)c2)cc1OC. The number of allylic oxidation sites excluding steroid dienone is 1. The second-order valence-electron chi connectivity index (χ2n) is 4.41. The lowest BCUT2D eigenvalue weighted by Gasteiger charge is -2.09. The maximum absolute atomic E-state index is 13.3. The van der Waals surface area contributed by atoms with Crippen LogP contribution >= 0.6 is 15.9 Å². The number of benzene rings is 2. The van der Waals surface area contributed by atoms with Gasteiger partial charge in [-0.05, 0) is 63.5 Å². The molecule has 0 amide bonds. The van der Waals surface area contributed by atoms with Crippen LogP contribution in [-0.4, -0.2) is 14.2 Å². The molecule has 3 nitrogen and oxygen atoms in total. The average molecular weight is 362 g/mol. The van der Waals surface area contributed by atoms with Gasteiger partial charge in [0.2, 0.25) is 0 Å². The molecule has 0 atom stereocenters. The Kier molecular flexibility index (Phi) is 5.18. The molecule has 0 fully saturated rings. The summed E-state index contributed by atoms with van der Waals surface area (Å²) in [7, 11) is 3.09. The van der Waals surface area contributed by atoms with E-state index in [1.165, 1.54) is 13.2 Å². The molecule has 2 aromatic carbocycles. The van der Waals surface area contributed by atoms with Crippen molar-refractivity contribution < 1.29 is 13.9 Å². The van der Waals surface area contributed by atoms with Gasteiger partial charge in [-0.15, -0.1) is 0 Å². The van der Waals surface area contributed by atoms with Gasteiger partial charge in [-0.3, -0.25) is 0 Å². The van der Waals surface area contributed by atoms with Crippen molar-refractivity contribution in [2.75, 3.05) is 14.2 Å². The summed E-state index contributed by atoms with van der Waals surface area (Å²) in [5.74, 6) is 0.788. The van der Waals surface area contributed by atoms with Crippen molar-refractivity contribution in [3.8, 4) is 17.6 Å². The molecule has 5 heteroatoms. The van der Waals surface area contributed by atoms with Crippen LogP contribution in [0.1, 0.15) is 11.1 Å². The Hall–Kier alpha value is -2.32. The molecule has 2 rings (SSSR count). The van der Waals surface area contributed by atoms with Crippen LogP contribution in [0.3, 0.4) is 0 Å². The van der Waals surface area contributed by atoms with Gasteiger partial charge in [-0.2, -0.15) is 5.26 Å². The third-order valence-electron chi connectivity index (χ3n) is 3.07. The highest BCUT2D eigenvalue weighted by molar-refractivity contribution is 9.10. The third-order valence-corrected chi connectivity index (χ3v) is 3.68. The summed E-state index contributed by atoms with van der Waals surface area (Å²) in [6.45, 7) is 0. The Labute approximate surface area is 136 Å². The summed E-state index contributed by atoms with van der Waals surface area (Å²) in [5, 5.41) is 9.38. The zero-order valence-electron chi connectivity index (χ0n) is 12.1. The fraction of sp³-hybridized carbons (Fsp3) is 0.118. The summed E-state index contributed by atoms with van der Waals surface area (Å²) < 4.78 is 24.0. The van der Waals surface area contributed by atoms with Crippen LogP contribution in [-0.2, 0) is 0 Å². The van der Waals surface area contributed by atoms with Crippen molar-refractivity contribution in [1.29, 1.82) is 5.26 Å². The Morgan fingerprint density at radius 1 is 1.14 bits per heavy atom. The van der Waals surface area contributed by atoms with Gasteiger partial charge in [0.15, 0.2) is 11.5 Å². The minimum absolute atomic E-state index is 0.346. The van der Waals surface area contributed by atoms with E-state index < -0.39 is 0 Å². The van der Waals surface area contributed by atoms with Crippen LogP contribution in [0, 0.1) is 17.1 Å². The van der Waals surface area contributed by atoms with E-state index in [4.69, 9.17) is 9.47 Å². The molecule has 22 heavy (non-hydrogen) atoms. The molecular weight excluding hydrogens is 349 g/mol. The largest absolute Gasteiger partial charge is 0.493 e. The molecule has 0 spiro atoms. The van der Waals surface area contributed by atoms with Gasteiger partial charge in [0, 0.05) is 0 Å². The van der Waals surface area contributed by atoms with E-state index in [1.54, 1.807) is 43.5 Å². The third kappa shape index (κ3) is 3.46. The van der Waals surface area contributed by atoms with Gasteiger partial charge >= 0.3 is 0 Å². The fourth-order valence-electron chi connectivity index (χ4n) is 1.95. The van der Waals surface area contributed by atoms with Gasteiger partial charge in [-0.25, -0.2) is 4.39 Å². The first kappa shape index (κ1) is 16.1. The molecule has 0 unspecified atom stereocenters. The molecule has 0 saturated heterocycles. The van der Waals surface area contributed by atoms with E-state index in [0.29, 0.717) is 27.1 Å². The van der Waals surface area contributed by atoms with Gasteiger partial charge in [0.05, 0.1) is 30.3 Å². The van der Waals surface area contributed by atoms with E-state index in [0.717, 1.165) is 5.56 Å². The molecule has 2 aromatic rings. The number of rotatable bonds is 4. The first-order valence-corrected chi connectivity index (χ1v) is 7.17. The topological polar surface area (TPSA) is 42.2 Å². The van der Waals surface area contributed by atoms with Gasteiger partial charge in [0.1, 0.15) is 5.82 Å². The highest BCUT2D eigenvalue weighted by atomic mass is 79.9. The smallest absolute Gasteiger partial charge is 0.161 e. The van der Waals surface area contributed by atoms with Crippen LogP contribution in [0.5, 0.6) is 11.5 Å². The van der Waals surface area contributed by atoms with Gasteiger partial charge < -0.3 is 9.47 Å². The number of hydrogen-bond donors (Lipinski definition) is 0. The van der Waals surface area contributed by atoms with E-state index in [-0.39, 0.29) is 5.82 Å². The van der Waals surface area contributed by atoms with Gasteiger partial charge in [0.25, 0.3) is 0 Å². The summed E-state index contributed by atoms with van der Waals surface area (Å²) in [5.41, 5.74) is 1.86. The monoisotopic (exact) mass is 361 g/mol. The van der Waals surface area contributed by atoms with Crippen LogP contribution in [0.4, 0.5) is 4.39 Å². The maximum Gasteiger partial charge on any atom is 0.161 e. The Morgan fingerprint density at radius 3 is 2.45 bits per heavy atom. The lowest BCUT2D eigenvalue weighted by Crippen LogP contribution is -1.92. The van der Waals surface area contributed by atoms with E-state index in [1.807, 2.05) is 0 Å². The van der Waals surface area contributed by atoms with Crippen molar-refractivity contribution in [3.63, 3.8) is 0 Å². The Morgan fingerprint density at radius 2 is 1.86 bits per heavy atom. The number of nitrogens with zero attached hydrogens (tertiary/aromatic N) is 1. The van der Waals surface area contributed by atoms with E-state index >= 15 is 0 Å². The molecule has 0 aliphatic carbocycles. The Bertz CT molecular complexity index is 766. The minimum Gasteiger partial charge on any atom is -0.493 e. The quantitative estimate of drug-likeness (QED) is 0.586. The normalized spacial score (nSPS) is 11.0. The van der Waals surface area contributed by atoms with Crippen molar-refractivity contribution in [2.24, 2.45) is 0 Å². The molecule has 0 aromatic heterocycles. The van der Waals surface area contributed by atoms with E-state index in [9.17, 15) is 9.65 Å². The number of ether oxygens (including phenoxy) is 2. The number of nitriles is 1. The standard InChI is InChI=1S/C17H13BrFNO2/c1-21-16-6-4-12(9-17(16)22-2)13(10-20)7-11-3-5-15(19)14(18)8-11/h3-9H,1-2H3/b13-7+. The molecule has 0 aliphatic rings. The molecule has 0 aliphatic heterocycles. The van der Waals surface area contributed by atoms with Gasteiger partial charge in [-0.1, -0.05) is 6.07 Å². The number of halogens is 2. The fourth-order valence-corrected chi connectivity index (χ4v) is 2.35. The highest BCUT2D eigenvalue weighted by Gasteiger charge is 2.08. The van der Waals surface area contributed by atoms with Crippen molar-refractivity contribution in [2.45, 2.75) is 0 Å². The molecule has 0 saturated carbocycles. The van der Waals surface area contributed by atoms with E-state index in [2.05, 4.69) is 22.0 Å². The summed E-state index contributed by atoms with van der Waals surface area (Å²) in [6.07, 6.45) is 1.69. The Balaban J connectivity index is 2.45. The number of methoxy groups -OCH3 is 2. The first-order chi connectivity index (χ1) is 10.6. The van der Waals surface area contributed by atoms with Crippen LogP contribution in [0.15, 0.2) is 40.9 Å².